The van der Waals surface area contributed by atoms with Gasteiger partial charge in [0.1, 0.15) is 17.7 Å². The van der Waals surface area contributed by atoms with Gasteiger partial charge in [0.2, 0.25) is 11.8 Å². The van der Waals surface area contributed by atoms with Gasteiger partial charge in [0.05, 0.1) is 21.3 Å². The van der Waals surface area contributed by atoms with Gasteiger partial charge in [0.15, 0.2) is 11.5 Å². The molecule has 0 aromatic heterocycles. The van der Waals surface area contributed by atoms with E-state index in [4.69, 9.17) is 25.8 Å². The zero-order valence-electron chi connectivity index (χ0n) is 20.7. The zero-order chi connectivity index (χ0) is 25.2. The number of nitrogens with zero attached hydrogens (tertiary/aromatic N) is 1. The zero-order valence-corrected chi connectivity index (χ0v) is 21.5. The molecule has 1 fully saturated rings. The van der Waals surface area contributed by atoms with Gasteiger partial charge in [-0.05, 0) is 54.7 Å². The van der Waals surface area contributed by atoms with Crippen LogP contribution in [0.5, 0.6) is 17.2 Å². The average Bonchev–Trinajstić information content (AvgIpc) is 2.91. The summed E-state index contributed by atoms with van der Waals surface area (Å²) < 4.78 is 16.0. The molecule has 7 nitrogen and oxygen atoms in total. The SMILES string of the molecule is COc1ccc([C@H](C(=O)NC2CCCCC2)N(CCc2ccc(OC)c(OC)c2)C(=O)CCl)cc1. The summed E-state index contributed by atoms with van der Waals surface area (Å²) in [5.74, 6) is 1.23. The Balaban J connectivity index is 1.88. The lowest BCUT2D eigenvalue weighted by Crippen LogP contribution is -2.48. The Bertz CT molecular complexity index is 976. The Kier molecular flexibility index (Phi) is 10.1. The molecule has 8 heteroatoms. The topological polar surface area (TPSA) is 77.1 Å². The van der Waals surface area contributed by atoms with E-state index in [1.807, 2.05) is 30.3 Å². The van der Waals surface area contributed by atoms with Crippen molar-refractivity contribution >= 4 is 23.4 Å². The maximum absolute atomic E-state index is 13.6. The second kappa shape index (κ2) is 13.2. The number of alkyl halides is 1. The molecule has 1 aliphatic rings. The number of hydrogen-bond acceptors (Lipinski definition) is 5. The van der Waals surface area contributed by atoms with Gasteiger partial charge in [-0.3, -0.25) is 9.59 Å². The highest BCUT2D eigenvalue weighted by atomic mass is 35.5. The van der Waals surface area contributed by atoms with E-state index < -0.39 is 6.04 Å². The molecule has 2 amide bonds. The first kappa shape index (κ1) is 26.7. The second-order valence-electron chi connectivity index (χ2n) is 8.68. The molecule has 1 atom stereocenters. The first-order chi connectivity index (χ1) is 17.0. The average molecular weight is 503 g/mol. The molecule has 3 rings (SSSR count). The van der Waals surface area contributed by atoms with Crippen LogP contribution in [0.2, 0.25) is 0 Å². The molecule has 35 heavy (non-hydrogen) atoms. The van der Waals surface area contributed by atoms with Gasteiger partial charge in [0, 0.05) is 12.6 Å². The fourth-order valence-corrected chi connectivity index (χ4v) is 4.70. The second-order valence-corrected chi connectivity index (χ2v) is 8.95. The summed E-state index contributed by atoms with van der Waals surface area (Å²) in [6, 6.07) is 12.2. The third-order valence-corrected chi connectivity index (χ3v) is 6.70. The number of rotatable bonds is 11. The number of methoxy groups -OCH3 is 3. The molecule has 1 saturated carbocycles. The Labute approximate surface area is 212 Å². The summed E-state index contributed by atoms with van der Waals surface area (Å²) >= 11 is 6.01. The summed E-state index contributed by atoms with van der Waals surface area (Å²) in [6.07, 6.45) is 5.82. The number of hydrogen-bond donors (Lipinski definition) is 1. The first-order valence-electron chi connectivity index (χ1n) is 12.0. The van der Waals surface area contributed by atoms with Gasteiger partial charge in [-0.15, -0.1) is 11.6 Å². The van der Waals surface area contributed by atoms with Crippen LogP contribution in [-0.2, 0) is 16.0 Å². The number of carbonyl (C=O) groups excluding carboxylic acids is 2. The Hall–Kier alpha value is -2.93. The van der Waals surface area contributed by atoms with E-state index in [2.05, 4.69) is 5.32 Å². The minimum absolute atomic E-state index is 0.121. The van der Waals surface area contributed by atoms with E-state index in [0.29, 0.717) is 35.8 Å². The van der Waals surface area contributed by atoms with E-state index in [0.717, 1.165) is 31.2 Å². The van der Waals surface area contributed by atoms with Crippen LogP contribution in [0.4, 0.5) is 0 Å². The van der Waals surface area contributed by atoms with Crippen molar-refractivity contribution in [1.82, 2.24) is 10.2 Å². The molecule has 2 aromatic carbocycles. The highest BCUT2D eigenvalue weighted by Crippen LogP contribution is 2.29. The predicted molar refractivity (Wildman–Crippen MR) is 136 cm³/mol. The third kappa shape index (κ3) is 7.04. The van der Waals surface area contributed by atoms with Gasteiger partial charge in [-0.2, -0.15) is 0 Å². The maximum Gasteiger partial charge on any atom is 0.247 e. The van der Waals surface area contributed by atoms with E-state index in [1.165, 1.54) is 6.42 Å². The Morgan fingerprint density at radius 3 is 2.26 bits per heavy atom. The number of halogens is 1. The summed E-state index contributed by atoms with van der Waals surface area (Å²) in [4.78, 5) is 28.2. The van der Waals surface area contributed by atoms with Crippen molar-refractivity contribution in [2.45, 2.75) is 50.6 Å². The molecule has 0 spiro atoms. The van der Waals surface area contributed by atoms with E-state index in [9.17, 15) is 9.59 Å². The van der Waals surface area contributed by atoms with Crippen LogP contribution >= 0.6 is 11.6 Å². The van der Waals surface area contributed by atoms with Crippen molar-refractivity contribution in [3.63, 3.8) is 0 Å². The lowest BCUT2D eigenvalue weighted by molar-refractivity contribution is -0.139. The van der Waals surface area contributed by atoms with Crippen LogP contribution in [-0.4, -0.2) is 56.5 Å². The summed E-state index contributed by atoms with van der Waals surface area (Å²) in [5.41, 5.74) is 1.67. The molecule has 190 valence electrons. The van der Waals surface area contributed by atoms with Crippen LogP contribution < -0.4 is 19.5 Å². The lowest BCUT2D eigenvalue weighted by atomic mass is 9.94. The van der Waals surface area contributed by atoms with Crippen molar-refractivity contribution in [2.75, 3.05) is 33.8 Å². The molecule has 0 saturated heterocycles. The molecule has 2 aromatic rings. The number of carbonyl (C=O) groups is 2. The molecule has 1 N–H and O–H groups in total. The summed E-state index contributed by atoms with van der Waals surface area (Å²) in [6.45, 7) is 0.315. The minimum Gasteiger partial charge on any atom is -0.497 e. The molecular formula is C27H35ClN2O5. The maximum atomic E-state index is 13.6. The largest absolute Gasteiger partial charge is 0.497 e. The first-order valence-corrected chi connectivity index (χ1v) is 12.5. The van der Waals surface area contributed by atoms with Gasteiger partial charge >= 0.3 is 0 Å². The highest BCUT2D eigenvalue weighted by Gasteiger charge is 2.32. The number of amides is 2. The van der Waals surface area contributed by atoms with E-state index in [-0.39, 0.29) is 23.7 Å². The van der Waals surface area contributed by atoms with Crippen LogP contribution in [0.1, 0.15) is 49.3 Å². The highest BCUT2D eigenvalue weighted by molar-refractivity contribution is 6.27. The smallest absolute Gasteiger partial charge is 0.247 e. The summed E-state index contributed by atoms with van der Waals surface area (Å²) in [7, 11) is 4.76. The quantitative estimate of drug-likeness (QED) is 0.457. The summed E-state index contributed by atoms with van der Waals surface area (Å²) in [5, 5.41) is 3.19. The monoisotopic (exact) mass is 502 g/mol. The molecule has 1 aliphatic carbocycles. The standard InChI is InChI=1S/C27H35ClN2O5/c1-33-22-12-10-20(11-13-22)26(27(32)29-21-7-5-4-6-8-21)30(25(31)18-28)16-15-19-9-14-23(34-2)24(17-19)35-3/h9-14,17,21,26H,4-8,15-16,18H2,1-3H3,(H,29,32)/t26-/m1/s1. The normalized spacial score (nSPS) is 14.6. The molecule has 0 aliphatic heterocycles. The van der Waals surface area contributed by atoms with Gasteiger partial charge in [-0.1, -0.05) is 37.5 Å². The van der Waals surface area contributed by atoms with Gasteiger partial charge < -0.3 is 24.4 Å². The molecule has 0 heterocycles. The number of benzene rings is 2. The Morgan fingerprint density at radius 2 is 1.66 bits per heavy atom. The van der Waals surface area contributed by atoms with Crippen LogP contribution in [0, 0.1) is 0 Å². The van der Waals surface area contributed by atoms with Crippen LogP contribution in [0.15, 0.2) is 42.5 Å². The molecular weight excluding hydrogens is 468 g/mol. The predicted octanol–water partition coefficient (Wildman–Crippen LogP) is 4.51. The van der Waals surface area contributed by atoms with Crippen molar-refractivity contribution in [1.29, 1.82) is 0 Å². The third-order valence-electron chi connectivity index (χ3n) is 6.47. The lowest BCUT2D eigenvalue weighted by Gasteiger charge is -2.33. The van der Waals surface area contributed by atoms with Crippen molar-refractivity contribution in [3.8, 4) is 17.2 Å². The number of ether oxygens (including phenoxy) is 3. The van der Waals surface area contributed by atoms with Gasteiger partial charge in [0.25, 0.3) is 0 Å². The van der Waals surface area contributed by atoms with E-state index in [1.54, 1.807) is 38.4 Å². The number of nitrogens with one attached hydrogen (secondary N) is 1. The van der Waals surface area contributed by atoms with Crippen LogP contribution in [0.25, 0.3) is 0 Å². The Morgan fingerprint density at radius 1 is 0.971 bits per heavy atom. The minimum atomic E-state index is -0.797. The fraction of sp³-hybridized carbons (Fsp3) is 0.481. The van der Waals surface area contributed by atoms with Gasteiger partial charge in [-0.25, -0.2) is 0 Å². The van der Waals surface area contributed by atoms with Crippen LogP contribution in [0.3, 0.4) is 0 Å². The van der Waals surface area contributed by atoms with Crippen molar-refractivity contribution in [2.24, 2.45) is 0 Å². The van der Waals surface area contributed by atoms with E-state index >= 15 is 0 Å². The molecule has 0 unspecified atom stereocenters. The molecule has 0 bridgehead atoms. The van der Waals surface area contributed by atoms with Crippen molar-refractivity contribution < 1.29 is 23.8 Å². The fourth-order valence-electron chi connectivity index (χ4n) is 4.55. The molecule has 0 radical (unpaired) electrons. The van der Waals surface area contributed by atoms with Crippen molar-refractivity contribution in [3.05, 3.63) is 53.6 Å².